The third-order valence-electron chi connectivity index (χ3n) is 1.53. The Kier molecular flexibility index (Phi) is 3.33. The van der Waals surface area contributed by atoms with E-state index in [1.165, 1.54) is 23.9 Å². The molecule has 0 aliphatic carbocycles. The van der Waals surface area contributed by atoms with E-state index in [-0.39, 0.29) is 11.4 Å². The Balaban J connectivity index is 3.30. The minimum absolute atomic E-state index is 0.0373. The molecule has 0 amide bonds. The van der Waals surface area contributed by atoms with Crippen molar-refractivity contribution in [3.63, 3.8) is 0 Å². The zero-order chi connectivity index (χ0) is 10.6. The van der Waals surface area contributed by atoms with Crippen LogP contribution in [0.4, 0.5) is 11.4 Å². The van der Waals surface area contributed by atoms with Crippen LogP contribution < -0.4 is 0 Å². The fraction of sp³-hybridized carbons (Fsp3) is 0.143. The first kappa shape index (κ1) is 10.4. The lowest BCUT2D eigenvalue weighted by Gasteiger charge is -1.98. The number of nitro groups is 1. The molecule has 0 unspecified atom stereocenters. The highest BCUT2D eigenvalue weighted by Gasteiger charge is 2.12. The van der Waals surface area contributed by atoms with Crippen LogP contribution in [0.2, 0.25) is 0 Å². The summed E-state index contributed by atoms with van der Waals surface area (Å²) < 4.78 is 0. The number of hydrogen-bond acceptors (Lipinski definition) is 4. The van der Waals surface area contributed by atoms with E-state index >= 15 is 0 Å². The third-order valence-corrected chi connectivity index (χ3v) is 2.26. The van der Waals surface area contributed by atoms with E-state index in [0.717, 1.165) is 4.90 Å². The van der Waals surface area contributed by atoms with Crippen LogP contribution in [0.5, 0.6) is 0 Å². The van der Waals surface area contributed by atoms with E-state index in [1.54, 1.807) is 6.07 Å². The fourth-order valence-electron chi connectivity index (χ4n) is 0.909. The molecular formula is C7H6N4O2S. The molecule has 0 fully saturated rings. The molecule has 0 N–H and O–H groups in total. The molecule has 0 heterocycles. The van der Waals surface area contributed by atoms with Crippen molar-refractivity contribution < 1.29 is 4.92 Å². The predicted octanol–water partition coefficient (Wildman–Crippen LogP) is 3.26. The first-order valence-corrected chi connectivity index (χ1v) is 4.79. The van der Waals surface area contributed by atoms with Crippen molar-refractivity contribution in [2.24, 2.45) is 5.11 Å². The Morgan fingerprint density at radius 2 is 2.36 bits per heavy atom. The van der Waals surface area contributed by atoms with Crippen molar-refractivity contribution >= 4 is 23.1 Å². The molecule has 7 heteroatoms. The van der Waals surface area contributed by atoms with Gasteiger partial charge in [0.05, 0.1) is 4.92 Å². The molecule has 0 spiro atoms. The van der Waals surface area contributed by atoms with Gasteiger partial charge in [-0.1, -0.05) is 5.11 Å². The van der Waals surface area contributed by atoms with Crippen LogP contribution in [0.15, 0.2) is 28.2 Å². The Hall–Kier alpha value is -1.72. The summed E-state index contributed by atoms with van der Waals surface area (Å²) in [5.74, 6) is 0. The molecule has 6 nitrogen and oxygen atoms in total. The first-order valence-electron chi connectivity index (χ1n) is 3.56. The van der Waals surface area contributed by atoms with Crippen molar-refractivity contribution in [3.8, 4) is 0 Å². The van der Waals surface area contributed by atoms with Crippen molar-refractivity contribution in [1.29, 1.82) is 0 Å². The van der Waals surface area contributed by atoms with E-state index in [9.17, 15) is 10.1 Å². The van der Waals surface area contributed by atoms with Crippen molar-refractivity contribution in [2.45, 2.75) is 4.90 Å². The van der Waals surface area contributed by atoms with Gasteiger partial charge in [-0.2, -0.15) is 0 Å². The molecular weight excluding hydrogens is 204 g/mol. The number of nitro benzene ring substituents is 1. The molecule has 0 aromatic heterocycles. The second-order valence-corrected chi connectivity index (χ2v) is 3.18. The van der Waals surface area contributed by atoms with Gasteiger partial charge in [-0.15, -0.1) is 11.8 Å². The highest BCUT2D eigenvalue weighted by Crippen LogP contribution is 2.31. The quantitative estimate of drug-likeness (QED) is 0.191. The van der Waals surface area contributed by atoms with Gasteiger partial charge in [-0.25, -0.2) is 0 Å². The van der Waals surface area contributed by atoms with Gasteiger partial charge in [-0.05, 0) is 23.9 Å². The molecule has 0 bridgehead atoms. The molecule has 72 valence electrons. The van der Waals surface area contributed by atoms with Crippen molar-refractivity contribution in [3.05, 3.63) is 38.8 Å². The van der Waals surface area contributed by atoms with E-state index < -0.39 is 4.92 Å². The van der Waals surface area contributed by atoms with E-state index in [0.29, 0.717) is 0 Å². The molecule has 14 heavy (non-hydrogen) atoms. The first-order chi connectivity index (χ1) is 6.69. The topological polar surface area (TPSA) is 91.9 Å². The van der Waals surface area contributed by atoms with Gasteiger partial charge in [0, 0.05) is 15.9 Å². The Bertz CT molecular complexity index is 414. The van der Waals surface area contributed by atoms with Gasteiger partial charge in [-0.3, -0.25) is 10.1 Å². The number of rotatable bonds is 3. The largest absolute Gasteiger partial charge is 0.280 e. The zero-order valence-corrected chi connectivity index (χ0v) is 8.06. The van der Waals surface area contributed by atoms with Gasteiger partial charge in [0.25, 0.3) is 5.69 Å². The Labute approximate surface area is 83.7 Å². The van der Waals surface area contributed by atoms with Crippen LogP contribution in [0.1, 0.15) is 0 Å². The molecule has 1 aromatic carbocycles. The molecule has 0 radical (unpaired) electrons. The standard InChI is InChI=1S/C7H6N4O2S/c1-14-5-2-3-6(9-10-8)7(4-5)11(12)13/h2-4H,1H3. The summed E-state index contributed by atoms with van der Waals surface area (Å²) in [7, 11) is 0. The molecule has 0 aliphatic heterocycles. The molecule has 0 saturated carbocycles. The average molecular weight is 210 g/mol. The summed E-state index contributed by atoms with van der Waals surface area (Å²) in [4.78, 5) is 13.3. The van der Waals surface area contributed by atoms with Crippen LogP contribution in [-0.2, 0) is 0 Å². The van der Waals surface area contributed by atoms with Crippen molar-refractivity contribution in [1.82, 2.24) is 0 Å². The van der Waals surface area contributed by atoms with E-state index in [1.807, 2.05) is 6.26 Å². The monoisotopic (exact) mass is 210 g/mol. The van der Waals surface area contributed by atoms with Crippen LogP contribution in [-0.4, -0.2) is 11.2 Å². The SMILES string of the molecule is CSc1ccc(N=[N+]=[N-])c([N+](=O)[O-])c1. The highest BCUT2D eigenvalue weighted by atomic mass is 32.2. The number of nitrogens with zero attached hydrogens (tertiary/aromatic N) is 4. The maximum absolute atomic E-state index is 10.6. The lowest BCUT2D eigenvalue weighted by atomic mass is 10.3. The molecule has 0 aliphatic rings. The lowest BCUT2D eigenvalue weighted by Crippen LogP contribution is -1.88. The van der Waals surface area contributed by atoms with Crippen LogP contribution in [0.25, 0.3) is 10.4 Å². The number of azide groups is 1. The summed E-state index contributed by atoms with van der Waals surface area (Å²) in [6.07, 6.45) is 1.81. The molecule has 1 aromatic rings. The molecule has 0 atom stereocenters. The Morgan fingerprint density at radius 1 is 1.64 bits per heavy atom. The van der Waals surface area contributed by atoms with Gasteiger partial charge in [0.2, 0.25) is 0 Å². The second-order valence-electron chi connectivity index (χ2n) is 2.30. The van der Waals surface area contributed by atoms with E-state index in [4.69, 9.17) is 5.53 Å². The van der Waals surface area contributed by atoms with Gasteiger partial charge >= 0.3 is 0 Å². The van der Waals surface area contributed by atoms with Crippen LogP contribution in [0.3, 0.4) is 0 Å². The van der Waals surface area contributed by atoms with Gasteiger partial charge in [0.15, 0.2) is 0 Å². The van der Waals surface area contributed by atoms with Gasteiger partial charge < -0.3 is 0 Å². The average Bonchev–Trinajstić information content (AvgIpc) is 2.18. The summed E-state index contributed by atoms with van der Waals surface area (Å²) in [6, 6.07) is 4.49. The Morgan fingerprint density at radius 3 is 2.86 bits per heavy atom. The van der Waals surface area contributed by atoms with Crippen LogP contribution in [0, 0.1) is 10.1 Å². The van der Waals surface area contributed by atoms with E-state index in [2.05, 4.69) is 10.0 Å². The minimum atomic E-state index is -0.566. The summed E-state index contributed by atoms with van der Waals surface area (Å²) >= 11 is 1.39. The molecule has 0 saturated heterocycles. The number of hydrogen-bond donors (Lipinski definition) is 0. The smallest absolute Gasteiger partial charge is 0.258 e. The normalized spacial score (nSPS) is 9.21. The number of benzene rings is 1. The molecule has 1 rings (SSSR count). The summed E-state index contributed by atoms with van der Waals surface area (Å²) in [5.41, 5.74) is 8.05. The fourth-order valence-corrected chi connectivity index (χ4v) is 1.34. The highest BCUT2D eigenvalue weighted by molar-refractivity contribution is 7.98. The second kappa shape index (κ2) is 4.50. The maximum Gasteiger partial charge on any atom is 0.280 e. The summed E-state index contributed by atoms with van der Waals surface area (Å²) in [6.45, 7) is 0. The van der Waals surface area contributed by atoms with Gasteiger partial charge in [0.1, 0.15) is 5.69 Å². The zero-order valence-electron chi connectivity index (χ0n) is 7.25. The minimum Gasteiger partial charge on any atom is -0.258 e. The van der Waals surface area contributed by atoms with Crippen molar-refractivity contribution in [2.75, 3.05) is 6.26 Å². The third kappa shape index (κ3) is 2.15. The predicted molar refractivity (Wildman–Crippen MR) is 53.7 cm³/mol. The maximum atomic E-state index is 10.6. The summed E-state index contributed by atoms with van der Waals surface area (Å²) in [5, 5.41) is 13.8. The van der Waals surface area contributed by atoms with Crippen LogP contribution >= 0.6 is 11.8 Å². The number of thioether (sulfide) groups is 1. The lowest BCUT2D eigenvalue weighted by molar-refractivity contribution is -0.384.